The average molecular weight is 201 g/mol. The predicted octanol–water partition coefficient (Wildman–Crippen LogP) is 0.0865. The van der Waals surface area contributed by atoms with Crippen LogP contribution in [0.5, 0.6) is 0 Å². The Balaban J connectivity index is 2.21. The quantitative estimate of drug-likeness (QED) is 0.658. The van der Waals surface area contributed by atoms with Gasteiger partial charge < -0.3 is 19.3 Å². The van der Waals surface area contributed by atoms with E-state index in [1.165, 1.54) is 0 Å². The molecule has 0 atom stereocenters. The molecule has 1 rings (SSSR count). The summed E-state index contributed by atoms with van der Waals surface area (Å²) in [6.07, 6.45) is -0.251. The third-order valence-corrected chi connectivity index (χ3v) is 1.68. The highest BCUT2D eigenvalue weighted by atomic mass is 16.7. The van der Waals surface area contributed by atoms with Crippen LogP contribution < -0.4 is 5.32 Å². The maximum atomic E-state index is 4.99. The van der Waals surface area contributed by atoms with Gasteiger partial charge in [-0.1, -0.05) is 5.16 Å². The zero-order chi connectivity index (χ0) is 10.4. The number of aryl methyl sites for hydroxylation is 1. The first kappa shape index (κ1) is 11.1. The second-order valence-corrected chi connectivity index (χ2v) is 2.77. The molecule has 1 N–H and O–H groups in total. The summed E-state index contributed by atoms with van der Waals surface area (Å²) in [6, 6.07) is 0. The number of nitrogens with zero attached hydrogens (tertiary/aromatic N) is 2. The van der Waals surface area contributed by atoms with E-state index in [9.17, 15) is 0 Å². The SMILES string of the molecule is COC(CNCc1nc(C)no1)OC. The number of aromatic nitrogens is 2. The summed E-state index contributed by atoms with van der Waals surface area (Å²) >= 11 is 0. The van der Waals surface area contributed by atoms with Crippen LogP contribution in [0.1, 0.15) is 11.7 Å². The van der Waals surface area contributed by atoms with Gasteiger partial charge in [-0.15, -0.1) is 0 Å². The van der Waals surface area contributed by atoms with Crippen molar-refractivity contribution in [2.45, 2.75) is 19.8 Å². The van der Waals surface area contributed by atoms with E-state index < -0.39 is 0 Å². The summed E-state index contributed by atoms with van der Waals surface area (Å²) in [5.41, 5.74) is 0. The fourth-order valence-corrected chi connectivity index (χ4v) is 0.972. The molecule has 6 nitrogen and oxygen atoms in total. The molecule has 1 aromatic rings. The second-order valence-electron chi connectivity index (χ2n) is 2.77. The largest absolute Gasteiger partial charge is 0.355 e. The third kappa shape index (κ3) is 3.41. The van der Waals surface area contributed by atoms with Crippen molar-refractivity contribution in [2.75, 3.05) is 20.8 Å². The van der Waals surface area contributed by atoms with Crippen LogP contribution in [0.3, 0.4) is 0 Å². The molecule has 0 amide bonds. The number of hydrogen-bond donors (Lipinski definition) is 1. The van der Waals surface area contributed by atoms with Crippen molar-refractivity contribution in [1.29, 1.82) is 0 Å². The first-order chi connectivity index (χ1) is 6.76. The maximum Gasteiger partial charge on any atom is 0.240 e. The van der Waals surface area contributed by atoms with Crippen LogP contribution in [0.4, 0.5) is 0 Å². The van der Waals surface area contributed by atoms with Crippen LogP contribution in [0, 0.1) is 6.92 Å². The summed E-state index contributed by atoms with van der Waals surface area (Å²) < 4.78 is 14.9. The summed E-state index contributed by atoms with van der Waals surface area (Å²) in [4.78, 5) is 4.04. The van der Waals surface area contributed by atoms with E-state index in [2.05, 4.69) is 15.5 Å². The zero-order valence-corrected chi connectivity index (χ0v) is 8.61. The summed E-state index contributed by atoms with van der Waals surface area (Å²) in [7, 11) is 3.18. The summed E-state index contributed by atoms with van der Waals surface area (Å²) in [6.45, 7) is 2.87. The molecule has 1 aromatic heterocycles. The Hall–Kier alpha value is -0.980. The topological polar surface area (TPSA) is 69.4 Å². The van der Waals surface area contributed by atoms with E-state index in [1.54, 1.807) is 21.1 Å². The molecule has 0 saturated heterocycles. The van der Waals surface area contributed by atoms with Gasteiger partial charge in [-0.05, 0) is 6.92 Å². The zero-order valence-electron chi connectivity index (χ0n) is 8.61. The van der Waals surface area contributed by atoms with Crippen molar-refractivity contribution in [1.82, 2.24) is 15.5 Å². The minimum absolute atomic E-state index is 0.251. The highest BCUT2D eigenvalue weighted by Gasteiger charge is 2.06. The molecule has 0 aliphatic heterocycles. The summed E-state index contributed by atoms with van der Waals surface area (Å²) in [5, 5.41) is 6.74. The number of methoxy groups -OCH3 is 2. The Morgan fingerprint density at radius 2 is 2.14 bits per heavy atom. The lowest BCUT2D eigenvalue weighted by atomic mass is 10.5. The minimum Gasteiger partial charge on any atom is -0.355 e. The first-order valence-corrected chi connectivity index (χ1v) is 4.31. The standard InChI is InChI=1S/C8H15N3O3/c1-6-10-7(14-11-6)4-9-5-8(12-2)13-3/h8-9H,4-5H2,1-3H3. The van der Waals surface area contributed by atoms with Gasteiger partial charge in [-0.25, -0.2) is 0 Å². The van der Waals surface area contributed by atoms with Crippen molar-refractivity contribution < 1.29 is 14.0 Å². The molecule has 0 saturated carbocycles. The van der Waals surface area contributed by atoms with Crippen molar-refractivity contribution in [3.05, 3.63) is 11.7 Å². The average Bonchev–Trinajstić information content (AvgIpc) is 2.59. The molecule has 14 heavy (non-hydrogen) atoms. The lowest BCUT2D eigenvalue weighted by molar-refractivity contribution is -0.0990. The van der Waals surface area contributed by atoms with Gasteiger partial charge in [0.2, 0.25) is 5.89 Å². The van der Waals surface area contributed by atoms with Gasteiger partial charge >= 0.3 is 0 Å². The Labute approximate surface area is 82.6 Å². The normalized spacial score (nSPS) is 11.1. The van der Waals surface area contributed by atoms with Crippen LogP contribution in [0.2, 0.25) is 0 Å². The Morgan fingerprint density at radius 1 is 1.43 bits per heavy atom. The highest BCUT2D eigenvalue weighted by molar-refractivity contribution is 4.81. The van der Waals surface area contributed by atoms with E-state index in [0.717, 1.165) is 0 Å². The molecule has 0 aromatic carbocycles. The molecular weight excluding hydrogens is 186 g/mol. The predicted molar refractivity (Wildman–Crippen MR) is 48.5 cm³/mol. The van der Waals surface area contributed by atoms with Gasteiger partial charge in [0.05, 0.1) is 6.54 Å². The number of ether oxygens (including phenoxy) is 2. The Morgan fingerprint density at radius 3 is 2.64 bits per heavy atom. The van der Waals surface area contributed by atoms with Crippen LogP contribution in [-0.4, -0.2) is 37.2 Å². The van der Waals surface area contributed by atoms with E-state index in [4.69, 9.17) is 14.0 Å². The molecule has 0 unspecified atom stereocenters. The lowest BCUT2D eigenvalue weighted by Gasteiger charge is -2.12. The van der Waals surface area contributed by atoms with E-state index in [-0.39, 0.29) is 6.29 Å². The Kier molecular flexibility index (Phi) is 4.51. The Bertz CT molecular complexity index is 260. The molecule has 0 aliphatic carbocycles. The smallest absolute Gasteiger partial charge is 0.240 e. The lowest BCUT2D eigenvalue weighted by Crippen LogP contribution is -2.29. The van der Waals surface area contributed by atoms with Crippen LogP contribution in [0.25, 0.3) is 0 Å². The van der Waals surface area contributed by atoms with Gasteiger partial charge in [0.1, 0.15) is 0 Å². The molecule has 0 radical (unpaired) electrons. The number of hydrogen-bond acceptors (Lipinski definition) is 6. The number of nitrogens with one attached hydrogen (secondary N) is 1. The molecule has 0 fully saturated rings. The fourth-order valence-electron chi connectivity index (χ4n) is 0.972. The van der Waals surface area contributed by atoms with E-state index in [1.807, 2.05) is 0 Å². The van der Waals surface area contributed by atoms with Crippen molar-refractivity contribution >= 4 is 0 Å². The maximum absolute atomic E-state index is 4.99. The minimum atomic E-state index is -0.251. The molecule has 6 heteroatoms. The summed E-state index contributed by atoms with van der Waals surface area (Å²) in [5.74, 6) is 1.20. The second kappa shape index (κ2) is 5.69. The first-order valence-electron chi connectivity index (χ1n) is 4.31. The van der Waals surface area contributed by atoms with Gasteiger partial charge in [0, 0.05) is 20.8 Å². The van der Waals surface area contributed by atoms with Gasteiger partial charge in [-0.3, -0.25) is 0 Å². The van der Waals surface area contributed by atoms with Crippen molar-refractivity contribution in [3.63, 3.8) is 0 Å². The molecule has 0 bridgehead atoms. The van der Waals surface area contributed by atoms with Crippen molar-refractivity contribution in [2.24, 2.45) is 0 Å². The number of rotatable bonds is 6. The van der Waals surface area contributed by atoms with Gasteiger partial charge in [-0.2, -0.15) is 4.98 Å². The van der Waals surface area contributed by atoms with E-state index >= 15 is 0 Å². The molecule has 1 heterocycles. The molecular formula is C8H15N3O3. The monoisotopic (exact) mass is 201 g/mol. The molecule has 0 aliphatic rings. The van der Waals surface area contributed by atoms with Gasteiger partial charge in [0.25, 0.3) is 0 Å². The van der Waals surface area contributed by atoms with E-state index in [0.29, 0.717) is 24.8 Å². The van der Waals surface area contributed by atoms with Crippen molar-refractivity contribution in [3.8, 4) is 0 Å². The van der Waals surface area contributed by atoms with Crippen LogP contribution in [0.15, 0.2) is 4.52 Å². The van der Waals surface area contributed by atoms with Gasteiger partial charge in [0.15, 0.2) is 12.1 Å². The van der Waals surface area contributed by atoms with Crippen LogP contribution in [-0.2, 0) is 16.0 Å². The highest BCUT2D eigenvalue weighted by Crippen LogP contribution is 1.95. The molecule has 80 valence electrons. The third-order valence-electron chi connectivity index (χ3n) is 1.68. The fraction of sp³-hybridized carbons (Fsp3) is 0.750. The molecule has 0 spiro atoms. The van der Waals surface area contributed by atoms with Crippen LogP contribution >= 0.6 is 0 Å².